The molecule has 2 aromatic rings. The molecular formula is C18H22N2O2. The second kappa shape index (κ2) is 5.61. The van der Waals surface area contributed by atoms with Crippen molar-refractivity contribution in [2.45, 2.75) is 38.8 Å². The van der Waals surface area contributed by atoms with E-state index in [1.54, 1.807) is 7.11 Å². The van der Waals surface area contributed by atoms with Crippen molar-refractivity contribution in [1.82, 2.24) is 4.57 Å². The van der Waals surface area contributed by atoms with Gasteiger partial charge in [-0.3, -0.25) is 4.79 Å². The first kappa shape index (κ1) is 14.9. The van der Waals surface area contributed by atoms with Crippen LogP contribution in [0.2, 0.25) is 0 Å². The van der Waals surface area contributed by atoms with Gasteiger partial charge in [0.05, 0.1) is 13.2 Å². The molecule has 1 unspecified atom stereocenters. The summed E-state index contributed by atoms with van der Waals surface area (Å²) in [6.07, 6.45) is 2.17. The molecule has 0 amide bonds. The lowest BCUT2D eigenvalue weighted by Crippen LogP contribution is -2.31. The van der Waals surface area contributed by atoms with Crippen molar-refractivity contribution in [3.63, 3.8) is 0 Å². The third-order valence-corrected chi connectivity index (χ3v) is 4.38. The molecule has 1 atom stereocenters. The van der Waals surface area contributed by atoms with Gasteiger partial charge in [-0.05, 0) is 56.0 Å². The van der Waals surface area contributed by atoms with E-state index in [0.29, 0.717) is 11.6 Å². The van der Waals surface area contributed by atoms with E-state index in [9.17, 15) is 4.79 Å². The highest BCUT2D eigenvalue weighted by atomic mass is 16.5. The lowest BCUT2D eigenvalue weighted by molar-refractivity contribution is 0.414. The molecule has 0 saturated heterocycles. The number of ether oxygens (including phenoxy) is 1. The summed E-state index contributed by atoms with van der Waals surface area (Å²) >= 11 is 0. The molecule has 1 aromatic carbocycles. The van der Waals surface area contributed by atoms with Crippen molar-refractivity contribution in [1.29, 1.82) is 0 Å². The minimum Gasteiger partial charge on any atom is -0.497 e. The zero-order valence-electron chi connectivity index (χ0n) is 13.3. The standard InChI is InChI=1S/C18H22N2O2/c1-11-10-12(2)20(14-6-7-14)18(21)16(11)17(19)13-4-8-15(22-3)9-5-13/h4-5,8-10,14,17H,6-7,19H2,1-3H3. The van der Waals surface area contributed by atoms with Gasteiger partial charge in [-0.25, -0.2) is 0 Å². The van der Waals surface area contributed by atoms with Crippen LogP contribution in [0.15, 0.2) is 35.1 Å². The van der Waals surface area contributed by atoms with E-state index in [1.165, 1.54) is 0 Å². The first-order chi connectivity index (χ1) is 10.5. The highest BCUT2D eigenvalue weighted by molar-refractivity contribution is 5.38. The largest absolute Gasteiger partial charge is 0.497 e. The Morgan fingerprint density at radius 2 is 1.86 bits per heavy atom. The molecule has 0 aliphatic heterocycles. The van der Waals surface area contributed by atoms with Crippen molar-refractivity contribution in [2.24, 2.45) is 5.73 Å². The van der Waals surface area contributed by atoms with E-state index in [2.05, 4.69) is 6.07 Å². The molecule has 4 heteroatoms. The summed E-state index contributed by atoms with van der Waals surface area (Å²) < 4.78 is 7.08. The van der Waals surface area contributed by atoms with Crippen molar-refractivity contribution in [3.05, 3.63) is 63.1 Å². The van der Waals surface area contributed by atoms with Crippen LogP contribution in [0.5, 0.6) is 5.75 Å². The molecule has 2 N–H and O–H groups in total. The van der Waals surface area contributed by atoms with Crippen molar-refractivity contribution in [3.8, 4) is 5.75 Å². The molecule has 1 fully saturated rings. The average molecular weight is 298 g/mol. The lowest BCUT2D eigenvalue weighted by Gasteiger charge is -2.19. The van der Waals surface area contributed by atoms with Crippen molar-refractivity contribution < 1.29 is 4.74 Å². The smallest absolute Gasteiger partial charge is 0.256 e. The fraction of sp³-hybridized carbons (Fsp3) is 0.389. The molecule has 1 aromatic heterocycles. The number of aromatic nitrogens is 1. The number of rotatable bonds is 4. The Kier molecular flexibility index (Phi) is 3.79. The van der Waals surface area contributed by atoms with Gasteiger partial charge >= 0.3 is 0 Å². The van der Waals surface area contributed by atoms with E-state index in [0.717, 1.165) is 35.4 Å². The number of benzene rings is 1. The topological polar surface area (TPSA) is 57.2 Å². The normalized spacial score (nSPS) is 15.6. The van der Waals surface area contributed by atoms with Gasteiger partial charge in [0.15, 0.2) is 0 Å². The van der Waals surface area contributed by atoms with Gasteiger partial charge in [0, 0.05) is 17.3 Å². The molecule has 1 aliphatic carbocycles. The third kappa shape index (κ3) is 2.55. The van der Waals surface area contributed by atoms with Gasteiger partial charge in [0.2, 0.25) is 0 Å². The van der Waals surface area contributed by atoms with Crippen LogP contribution in [-0.2, 0) is 0 Å². The van der Waals surface area contributed by atoms with Crippen LogP contribution in [-0.4, -0.2) is 11.7 Å². The summed E-state index contributed by atoms with van der Waals surface area (Å²) in [6.45, 7) is 3.96. The summed E-state index contributed by atoms with van der Waals surface area (Å²) in [5.41, 5.74) is 10.1. The number of methoxy groups -OCH3 is 1. The van der Waals surface area contributed by atoms with Crippen molar-refractivity contribution in [2.75, 3.05) is 7.11 Å². The molecule has 1 heterocycles. The molecule has 4 nitrogen and oxygen atoms in total. The van der Waals surface area contributed by atoms with E-state index in [-0.39, 0.29) is 5.56 Å². The summed E-state index contributed by atoms with van der Waals surface area (Å²) in [6, 6.07) is 9.60. The fourth-order valence-electron chi connectivity index (χ4n) is 3.06. The number of aryl methyl sites for hydroxylation is 2. The Bertz CT molecular complexity index is 743. The monoisotopic (exact) mass is 298 g/mol. The number of pyridine rings is 1. The van der Waals surface area contributed by atoms with Crippen LogP contribution in [0.4, 0.5) is 0 Å². The molecule has 22 heavy (non-hydrogen) atoms. The summed E-state index contributed by atoms with van der Waals surface area (Å²) in [7, 11) is 1.63. The lowest BCUT2D eigenvalue weighted by atomic mass is 9.96. The molecule has 0 spiro atoms. The van der Waals surface area contributed by atoms with Gasteiger partial charge in [-0.2, -0.15) is 0 Å². The molecule has 116 valence electrons. The number of hydrogen-bond donors (Lipinski definition) is 1. The highest BCUT2D eigenvalue weighted by Gasteiger charge is 2.28. The van der Waals surface area contributed by atoms with Gasteiger partial charge in [-0.15, -0.1) is 0 Å². The van der Waals surface area contributed by atoms with E-state index < -0.39 is 6.04 Å². The summed E-state index contributed by atoms with van der Waals surface area (Å²) in [5, 5.41) is 0. The predicted molar refractivity (Wildman–Crippen MR) is 87.5 cm³/mol. The quantitative estimate of drug-likeness (QED) is 0.944. The zero-order valence-corrected chi connectivity index (χ0v) is 13.3. The van der Waals surface area contributed by atoms with Crippen molar-refractivity contribution >= 4 is 0 Å². The van der Waals surface area contributed by atoms with Gasteiger partial charge in [0.1, 0.15) is 5.75 Å². The number of nitrogens with zero attached hydrogens (tertiary/aromatic N) is 1. The van der Waals surface area contributed by atoms with Gasteiger partial charge in [0.25, 0.3) is 5.56 Å². The van der Waals surface area contributed by atoms with Crippen LogP contribution in [0, 0.1) is 13.8 Å². The molecule has 1 saturated carbocycles. The summed E-state index contributed by atoms with van der Waals surface area (Å²) in [4.78, 5) is 12.9. The Morgan fingerprint density at radius 3 is 2.41 bits per heavy atom. The van der Waals surface area contributed by atoms with Gasteiger partial charge in [-0.1, -0.05) is 12.1 Å². The maximum atomic E-state index is 12.9. The first-order valence-corrected chi connectivity index (χ1v) is 7.65. The van der Waals surface area contributed by atoms with E-state index in [1.807, 2.05) is 42.7 Å². The maximum absolute atomic E-state index is 12.9. The van der Waals surface area contributed by atoms with Crippen LogP contribution in [0.3, 0.4) is 0 Å². The molecule has 0 radical (unpaired) electrons. The summed E-state index contributed by atoms with van der Waals surface area (Å²) in [5.74, 6) is 0.784. The molecular weight excluding hydrogens is 276 g/mol. The number of nitrogens with two attached hydrogens (primary N) is 1. The SMILES string of the molecule is COc1ccc(C(N)c2c(C)cc(C)n(C3CC3)c2=O)cc1. The Balaban J connectivity index is 2.06. The fourth-order valence-corrected chi connectivity index (χ4v) is 3.06. The minimum atomic E-state index is -0.413. The van der Waals surface area contributed by atoms with Crippen LogP contribution < -0.4 is 16.0 Å². The van der Waals surface area contributed by atoms with Crippen LogP contribution in [0.1, 0.15) is 47.3 Å². The zero-order chi connectivity index (χ0) is 15.9. The number of hydrogen-bond acceptors (Lipinski definition) is 3. The minimum absolute atomic E-state index is 0.0586. The third-order valence-electron chi connectivity index (χ3n) is 4.38. The Morgan fingerprint density at radius 1 is 1.23 bits per heavy atom. The van der Waals surface area contributed by atoms with Crippen LogP contribution in [0.25, 0.3) is 0 Å². The van der Waals surface area contributed by atoms with E-state index >= 15 is 0 Å². The molecule has 1 aliphatic rings. The first-order valence-electron chi connectivity index (χ1n) is 7.65. The highest BCUT2D eigenvalue weighted by Crippen LogP contribution is 2.35. The Labute approximate surface area is 130 Å². The second-order valence-electron chi connectivity index (χ2n) is 6.04. The molecule has 3 rings (SSSR count). The van der Waals surface area contributed by atoms with Gasteiger partial charge < -0.3 is 15.0 Å². The maximum Gasteiger partial charge on any atom is 0.256 e. The molecule has 0 bridgehead atoms. The average Bonchev–Trinajstić information content (AvgIpc) is 3.31. The van der Waals surface area contributed by atoms with E-state index in [4.69, 9.17) is 10.5 Å². The van der Waals surface area contributed by atoms with Crippen LogP contribution >= 0.6 is 0 Å². The Hall–Kier alpha value is -2.07. The second-order valence-corrected chi connectivity index (χ2v) is 6.04. The predicted octanol–water partition coefficient (Wildman–Crippen LogP) is 2.86.